The average molecular weight is 260 g/mol. The maximum absolute atomic E-state index is 8.74. The Bertz CT molecular complexity index is 214. The van der Waals surface area contributed by atoms with Crippen LogP contribution in [0.1, 0.15) is 13.8 Å². The lowest BCUT2D eigenvalue weighted by Crippen LogP contribution is -1.89. The molecule has 4 N–H and O–H groups in total. The Labute approximate surface area is 83.6 Å². The minimum Gasteiger partial charge on any atom is -0.264 e. The fraction of sp³-hybridized carbons (Fsp3) is 1.00. The molecule has 0 fully saturated rings. The maximum Gasteiger partial charge on any atom is 0.394 e. The molecule has 0 rings (SSSR count). The van der Waals surface area contributed by atoms with Crippen molar-refractivity contribution in [2.45, 2.75) is 13.8 Å². The average Bonchev–Trinajstić information content (AvgIpc) is 1.59. The molecule has 0 amide bonds. The first-order chi connectivity index (χ1) is 5.00. The third-order valence-electron chi connectivity index (χ3n) is 0. The van der Waals surface area contributed by atoms with E-state index in [0.29, 0.717) is 0 Å². The molecule has 0 bridgehead atoms. The summed E-state index contributed by atoms with van der Waals surface area (Å²) in [5.41, 5.74) is 0. The minimum absolute atomic E-state index is 0. The lowest BCUT2D eigenvalue weighted by atomic mass is 11.0. The van der Waals surface area contributed by atoms with Gasteiger partial charge in [-0.15, -0.1) is 0 Å². The van der Waals surface area contributed by atoms with Gasteiger partial charge in [-0.05, 0) is 0 Å². The van der Waals surface area contributed by atoms with Crippen LogP contribution in [0.5, 0.6) is 0 Å². The van der Waals surface area contributed by atoms with Gasteiger partial charge in [0.15, 0.2) is 0 Å². The number of hydrogen-bond acceptors (Lipinski definition) is 4. The molecule has 0 unspecified atom stereocenters. The number of hydrogen-bond donors (Lipinski definition) is 4. The normalized spacial score (nSPS) is 9.38. The van der Waals surface area contributed by atoms with Gasteiger partial charge in [-0.1, -0.05) is 13.8 Å². The van der Waals surface area contributed by atoms with Crippen molar-refractivity contribution >= 4 is 34.3 Å². The molecule has 0 saturated carbocycles. The van der Waals surface area contributed by atoms with Crippen molar-refractivity contribution in [2.24, 2.45) is 0 Å². The van der Waals surface area contributed by atoms with Crippen LogP contribution in [0.15, 0.2) is 0 Å². The summed E-state index contributed by atoms with van der Waals surface area (Å²) in [6.07, 6.45) is 0. The molecule has 0 aliphatic heterocycles. The third kappa shape index (κ3) is 152000. The highest BCUT2D eigenvalue weighted by atomic mass is 32.3. The van der Waals surface area contributed by atoms with Gasteiger partial charge in [0.25, 0.3) is 0 Å². The van der Waals surface area contributed by atoms with Crippen molar-refractivity contribution in [3.05, 3.63) is 0 Å². The van der Waals surface area contributed by atoms with Gasteiger partial charge in [-0.3, -0.25) is 18.2 Å². The molecule has 0 saturated heterocycles. The standard InChI is InChI=1S/C2H6.2H2O4S.H2S/c1-2;2*1-5(2,3)4;/h1-2H3;2*(H2,1,2,3,4);1H2. The van der Waals surface area contributed by atoms with Crippen molar-refractivity contribution in [1.29, 1.82) is 0 Å². The molecule has 0 aromatic rings. The second kappa shape index (κ2) is 10.2. The van der Waals surface area contributed by atoms with E-state index in [0.717, 1.165) is 0 Å². The van der Waals surface area contributed by atoms with Crippen LogP contribution in [-0.4, -0.2) is 35.0 Å². The van der Waals surface area contributed by atoms with Gasteiger partial charge in [0, 0.05) is 0 Å². The smallest absolute Gasteiger partial charge is 0.264 e. The van der Waals surface area contributed by atoms with E-state index in [9.17, 15) is 0 Å². The summed E-state index contributed by atoms with van der Waals surface area (Å²) >= 11 is 0. The first kappa shape index (κ1) is 23.2. The largest absolute Gasteiger partial charge is 0.394 e. The second-order valence-electron chi connectivity index (χ2n) is 0.896. The van der Waals surface area contributed by atoms with Crippen LogP contribution in [0.2, 0.25) is 0 Å². The quantitative estimate of drug-likeness (QED) is 0.438. The highest BCUT2D eigenvalue weighted by Crippen LogP contribution is 1.59. The molecule has 0 spiro atoms. The van der Waals surface area contributed by atoms with E-state index in [4.69, 9.17) is 35.0 Å². The van der Waals surface area contributed by atoms with Gasteiger partial charge in [0.2, 0.25) is 0 Å². The number of rotatable bonds is 0. The summed E-state index contributed by atoms with van der Waals surface area (Å²) in [6, 6.07) is 0. The van der Waals surface area contributed by atoms with Gasteiger partial charge in [0.05, 0.1) is 0 Å². The van der Waals surface area contributed by atoms with Crippen LogP contribution in [0.25, 0.3) is 0 Å². The van der Waals surface area contributed by atoms with Gasteiger partial charge in [-0.2, -0.15) is 30.3 Å². The Hall–Kier alpha value is 0.0900. The van der Waals surface area contributed by atoms with E-state index in [1.165, 1.54) is 0 Å². The van der Waals surface area contributed by atoms with E-state index >= 15 is 0 Å². The predicted octanol–water partition coefficient (Wildman–Crippen LogP) is -0.167. The molecule has 86 valence electrons. The molecular formula is C2H12O8S3. The highest BCUT2D eigenvalue weighted by molar-refractivity contribution is 7.80. The van der Waals surface area contributed by atoms with Crippen molar-refractivity contribution in [1.82, 2.24) is 0 Å². The van der Waals surface area contributed by atoms with Crippen molar-refractivity contribution in [3.8, 4) is 0 Å². The zero-order valence-corrected chi connectivity index (χ0v) is 9.37. The highest BCUT2D eigenvalue weighted by Gasteiger charge is 1.85. The minimum atomic E-state index is -4.67. The summed E-state index contributed by atoms with van der Waals surface area (Å²) in [6.45, 7) is 4.00. The molecule has 0 radical (unpaired) electrons. The molecule has 13 heavy (non-hydrogen) atoms. The lowest BCUT2D eigenvalue weighted by Gasteiger charge is -1.68. The van der Waals surface area contributed by atoms with Crippen molar-refractivity contribution in [3.63, 3.8) is 0 Å². The second-order valence-corrected chi connectivity index (χ2v) is 2.69. The Balaban J connectivity index is -0.0000000491. The van der Waals surface area contributed by atoms with E-state index < -0.39 is 20.8 Å². The van der Waals surface area contributed by atoms with E-state index in [1.807, 2.05) is 13.8 Å². The Morgan fingerprint density at radius 1 is 0.692 bits per heavy atom. The SMILES string of the molecule is CC.O=S(=O)(O)O.O=S(=O)(O)O.S. The van der Waals surface area contributed by atoms with Crippen LogP contribution in [0.3, 0.4) is 0 Å². The summed E-state index contributed by atoms with van der Waals surface area (Å²) in [5, 5.41) is 0. The summed E-state index contributed by atoms with van der Waals surface area (Å²) in [5.74, 6) is 0. The molecule has 0 aliphatic carbocycles. The van der Waals surface area contributed by atoms with Crippen LogP contribution >= 0.6 is 13.5 Å². The van der Waals surface area contributed by atoms with E-state index in [2.05, 4.69) is 0 Å². The zero-order valence-electron chi connectivity index (χ0n) is 6.74. The van der Waals surface area contributed by atoms with Gasteiger partial charge in [-0.25, -0.2) is 0 Å². The van der Waals surface area contributed by atoms with Gasteiger partial charge >= 0.3 is 20.8 Å². The van der Waals surface area contributed by atoms with Gasteiger partial charge in [0.1, 0.15) is 0 Å². The van der Waals surface area contributed by atoms with Crippen LogP contribution in [0.4, 0.5) is 0 Å². The van der Waals surface area contributed by atoms with Crippen molar-refractivity contribution < 1.29 is 35.0 Å². The molecule has 8 nitrogen and oxygen atoms in total. The zero-order chi connectivity index (χ0) is 11.0. The van der Waals surface area contributed by atoms with Crippen LogP contribution < -0.4 is 0 Å². The van der Waals surface area contributed by atoms with Gasteiger partial charge < -0.3 is 0 Å². The summed E-state index contributed by atoms with van der Waals surface area (Å²) in [7, 11) is -9.33. The Morgan fingerprint density at radius 3 is 0.692 bits per heavy atom. The molecule has 0 aromatic heterocycles. The topological polar surface area (TPSA) is 149 Å². The fourth-order valence-corrected chi connectivity index (χ4v) is 0. The molecule has 0 aromatic carbocycles. The molecule has 0 heterocycles. The Kier molecular flexibility index (Phi) is 18.1. The fourth-order valence-electron chi connectivity index (χ4n) is 0. The molecule has 0 aliphatic rings. The third-order valence-corrected chi connectivity index (χ3v) is 0. The van der Waals surface area contributed by atoms with E-state index in [1.54, 1.807) is 0 Å². The molecule has 11 heteroatoms. The first-order valence-electron chi connectivity index (χ1n) is 2.40. The van der Waals surface area contributed by atoms with Crippen LogP contribution in [0, 0.1) is 0 Å². The molecule has 0 atom stereocenters. The molecular weight excluding hydrogens is 248 g/mol. The summed E-state index contributed by atoms with van der Waals surface area (Å²) in [4.78, 5) is 0. The van der Waals surface area contributed by atoms with Crippen molar-refractivity contribution in [2.75, 3.05) is 0 Å². The van der Waals surface area contributed by atoms with Crippen LogP contribution in [-0.2, 0) is 20.8 Å². The Morgan fingerprint density at radius 2 is 0.692 bits per heavy atom. The lowest BCUT2D eigenvalue weighted by molar-refractivity contribution is 0.378. The monoisotopic (exact) mass is 260 g/mol. The first-order valence-corrected chi connectivity index (χ1v) is 5.19. The van der Waals surface area contributed by atoms with E-state index in [-0.39, 0.29) is 13.5 Å². The maximum atomic E-state index is 8.74. The predicted molar refractivity (Wildman–Crippen MR) is 50.1 cm³/mol. The summed E-state index contributed by atoms with van der Waals surface area (Å²) < 4.78 is 63.2.